The van der Waals surface area contributed by atoms with Gasteiger partial charge in [-0.25, -0.2) is 0 Å². The lowest BCUT2D eigenvalue weighted by Gasteiger charge is -2.32. The number of carbonyl (C=O) groups is 1. The van der Waals surface area contributed by atoms with Crippen LogP contribution in [-0.2, 0) is 4.79 Å². The summed E-state index contributed by atoms with van der Waals surface area (Å²) in [4.78, 5) is 14.4. The minimum Gasteiger partial charge on any atom is -0.495 e. The number of anilines is 1. The lowest BCUT2D eigenvalue weighted by Crippen LogP contribution is -2.42. The smallest absolute Gasteiger partial charge is 0.238 e. The van der Waals surface area contributed by atoms with Gasteiger partial charge in [0.1, 0.15) is 5.75 Å². The van der Waals surface area contributed by atoms with Gasteiger partial charge < -0.3 is 10.1 Å². The zero-order valence-electron chi connectivity index (χ0n) is 12.0. The first-order valence-corrected chi connectivity index (χ1v) is 7.35. The molecule has 1 fully saturated rings. The molecule has 0 aromatic heterocycles. The van der Waals surface area contributed by atoms with Crippen molar-refractivity contribution < 1.29 is 9.53 Å². The molecule has 2 rings (SSSR count). The third-order valence-electron chi connectivity index (χ3n) is 3.72. The molecule has 1 aliphatic rings. The van der Waals surface area contributed by atoms with Gasteiger partial charge in [-0.1, -0.05) is 18.0 Å². The molecule has 5 heteroatoms. The van der Waals surface area contributed by atoms with E-state index in [1.54, 1.807) is 25.3 Å². The number of amides is 1. The van der Waals surface area contributed by atoms with Crippen LogP contribution in [0.5, 0.6) is 5.75 Å². The lowest BCUT2D eigenvalue weighted by atomic mass is 10.0. The summed E-state index contributed by atoms with van der Waals surface area (Å²) in [5, 5.41) is 3.46. The Labute approximate surface area is 125 Å². The number of rotatable bonds is 4. The standard InChI is InChI=1S/C15H21ClN2O2/c1-11-5-3-4-8-18(11)10-15(19)17-13-9-12(16)6-7-14(13)20-2/h6-7,9,11H,3-5,8,10H2,1-2H3,(H,17,19)/t11-/m0/s1. The minimum absolute atomic E-state index is 0.0284. The van der Waals surface area contributed by atoms with E-state index in [0.29, 0.717) is 29.0 Å². The van der Waals surface area contributed by atoms with E-state index in [0.717, 1.165) is 19.4 Å². The van der Waals surface area contributed by atoms with Crippen molar-refractivity contribution in [2.24, 2.45) is 0 Å². The minimum atomic E-state index is -0.0284. The largest absolute Gasteiger partial charge is 0.495 e. The molecule has 110 valence electrons. The maximum absolute atomic E-state index is 12.2. The molecule has 0 radical (unpaired) electrons. The number of carbonyl (C=O) groups excluding carboxylic acids is 1. The van der Waals surface area contributed by atoms with Crippen molar-refractivity contribution in [3.8, 4) is 5.75 Å². The number of likely N-dealkylation sites (tertiary alicyclic amines) is 1. The molecular formula is C15H21ClN2O2. The summed E-state index contributed by atoms with van der Waals surface area (Å²) in [5.74, 6) is 0.591. The summed E-state index contributed by atoms with van der Waals surface area (Å²) in [6.45, 7) is 3.57. The van der Waals surface area contributed by atoms with E-state index in [1.165, 1.54) is 6.42 Å². The van der Waals surface area contributed by atoms with Crippen LogP contribution in [0, 0.1) is 0 Å². The van der Waals surface area contributed by atoms with Crippen molar-refractivity contribution in [2.45, 2.75) is 32.2 Å². The van der Waals surface area contributed by atoms with Crippen LogP contribution in [0.15, 0.2) is 18.2 Å². The molecule has 0 spiro atoms. The molecule has 1 saturated heterocycles. The average Bonchev–Trinajstić information content (AvgIpc) is 2.41. The third-order valence-corrected chi connectivity index (χ3v) is 3.96. The van der Waals surface area contributed by atoms with Crippen molar-refractivity contribution in [3.63, 3.8) is 0 Å². The topological polar surface area (TPSA) is 41.6 Å². The highest BCUT2D eigenvalue weighted by Crippen LogP contribution is 2.27. The monoisotopic (exact) mass is 296 g/mol. The van der Waals surface area contributed by atoms with Gasteiger partial charge in [0.15, 0.2) is 0 Å². The quantitative estimate of drug-likeness (QED) is 0.928. The highest BCUT2D eigenvalue weighted by atomic mass is 35.5. The Morgan fingerprint density at radius 3 is 3.00 bits per heavy atom. The summed E-state index contributed by atoms with van der Waals surface area (Å²) in [7, 11) is 1.58. The zero-order valence-corrected chi connectivity index (χ0v) is 12.7. The van der Waals surface area contributed by atoms with E-state index in [9.17, 15) is 4.79 Å². The van der Waals surface area contributed by atoms with Crippen molar-refractivity contribution in [3.05, 3.63) is 23.2 Å². The Bertz CT molecular complexity index is 479. The molecule has 1 heterocycles. The fraction of sp³-hybridized carbons (Fsp3) is 0.533. The number of ether oxygens (including phenoxy) is 1. The second-order valence-corrected chi connectivity index (χ2v) is 5.64. The molecule has 0 bridgehead atoms. The van der Waals surface area contributed by atoms with Crippen molar-refractivity contribution in [2.75, 3.05) is 25.5 Å². The van der Waals surface area contributed by atoms with E-state index in [2.05, 4.69) is 17.1 Å². The van der Waals surface area contributed by atoms with Gasteiger partial charge in [-0.05, 0) is 44.5 Å². The van der Waals surface area contributed by atoms with Crippen LogP contribution in [0.1, 0.15) is 26.2 Å². The van der Waals surface area contributed by atoms with Gasteiger partial charge >= 0.3 is 0 Å². The molecule has 1 atom stereocenters. The molecule has 1 amide bonds. The summed E-state index contributed by atoms with van der Waals surface area (Å²) < 4.78 is 5.23. The van der Waals surface area contributed by atoms with Gasteiger partial charge in [-0.3, -0.25) is 9.69 Å². The molecule has 0 unspecified atom stereocenters. The van der Waals surface area contributed by atoms with Gasteiger partial charge in [0.25, 0.3) is 0 Å². The molecule has 1 N–H and O–H groups in total. The Balaban J connectivity index is 1.99. The Morgan fingerprint density at radius 2 is 2.30 bits per heavy atom. The van der Waals surface area contributed by atoms with Crippen LogP contribution < -0.4 is 10.1 Å². The number of benzene rings is 1. The van der Waals surface area contributed by atoms with Gasteiger partial charge in [0.05, 0.1) is 19.3 Å². The summed E-state index contributed by atoms with van der Waals surface area (Å²) in [5.41, 5.74) is 0.620. The number of piperidine rings is 1. The fourth-order valence-electron chi connectivity index (χ4n) is 2.54. The fourth-order valence-corrected chi connectivity index (χ4v) is 2.72. The molecule has 0 aliphatic carbocycles. The normalized spacial score (nSPS) is 19.6. The first kappa shape index (κ1) is 15.1. The van der Waals surface area contributed by atoms with Crippen LogP contribution >= 0.6 is 11.6 Å². The summed E-state index contributed by atoms with van der Waals surface area (Å²) >= 11 is 5.96. The van der Waals surface area contributed by atoms with Crippen LogP contribution in [0.25, 0.3) is 0 Å². The first-order valence-electron chi connectivity index (χ1n) is 6.97. The van der Waals surface area contributed by atoms with Gasteiger partial charge in [-0.15, -0.1) is 0 Å². The van der Waals surface area contributed by atoms with E-state index in [-0.39, 0.29) is 5.91 Å². The molecule has 1 aromatic carbocycles. The van der Waals surface area contributed by atoms with Gasteiger partial charge in [-0.2, -0.15) is 0 Å². The lowest BCUT2D eigenvalue weighted by molar-refractivity contribution is -0.118. The van der Waals surface area contributed by atoms with Crippen LogP contribution in [-0.4, -0.2) is 37.0 Å². The average molecular weight is 297 g/mol. The number of hydrogen-bond acceptors (Lipinski definition) is 3. The number of nitrogens with one attached hydrogen (secondary N) is 1. The molecule has 4 nitrogen and oxygen atoms in total. The second-order valence-electron chi connectivity index (χ2n) is 5.21. The second kappa shape index (κ2) is 6.95. The van der Waals surface area contributed by atoms with Crippen molar-refractivity contribution >= 4 is 23.2 Å². The maximum atomic E-state index is 12.2. The van der Waals surface area contributed by atoms with E-state index >= 15 is 0 Å². The van der Waals surface area contributed by atoms with Crippen molar-refractivity contribution in [1.82, 2.24) is 4.90 Å². The molecule has 20 heavy (non-hydrogen) atoms. The van der Waals surface area contributed by atoms with E-state index in [1.807, 2.05) is 0 Å². The molecule has 1 aromatic rings. The number of hydrogen-bond donors (Lipinski definition) is 1. The Morgan fingerprint density at radius 1 is 1.50 bits per heavy atom. The van der Waals surface area contributed by atoms with Crippen molar-refractivity contribution in [1.29, 1.82) is 0 Å². The number of nitrogens with zero attached hydrogens (tertiary/aromatic N) is 1. The van der Waals surface area contributed by atoms with Crippen LogP contribution in [0.3, 0.4) is 0 Å². The highest BCUT2D eigenvalue weighted by molar-refractivity contribution is 6.31. The molecular weight excluding hydrogens is 276 g/mol. The van der Waals surface area contributed by atoms with Crippen LogP contribution in [0.2, 0.25) is 5.02 Å². The summed E-state index contributed by atoms with van der Waals surface area (Å²) in [6, 6.07) is 5.66. The molecule has 1 aliphatic heterocycles. The maximum Gasteiger partial charge on any atom is 0.238 e. The van der Waals surface area contributed by atoms with Gasteiger partial charge in [0.2, 0.25) is 5.91 Å². The van der Waals surface area contributed by atoms with E-state index in [4.69, 9.17) is 16.3 Å². The van der Waals surface area contributed by atoms with Gasteiger partial charge in [0, 0.05) is 11.1 Å². The first-order chi connectivity index (χ1) is 9.60. The molecule has 0 saturated carbocycles. The Hall–Kier alpha value is -1.26. The van der Waals surface area contributed by atoms with E-state index < -0.39 is 0 Å². The predicted octanol–water partition coefficient (Wildman–Crippen LogP) is 3.16. The SMILES string of the molecule is COc1ccc(Cl)cc1NC(=O)CN1CCCC[C@@H]1C. The highest BCUT2D eigenvalue weighted by Gasteiger charge is 2.20. The number of methoxy groups -OCH3 is 1. The Kier molecular flexibility index (Phi) is 5.26. The number of halogens is 1. The third kappa shape index (κ3) is 3.87. The summed E-state index contributed by atoms with van der Waals surface area (Å²) in [6.07, 6.45) is 3.58. The van der Waals surface area contributed by atoms with Crippen LogP contribution in [0.4, 0.5) is 5.69 Å². The predicted molar refractivity (Wildman–Crippen MR) is 81.5 cm³/mol. The zero-order chi connectivity index (χ0) is 14.5.